The lowest BCUT2D eigenvalue weighted by Crippen LogP contribution is -1.98. The third-order valence-corrected chi connectivity index (χ3v) is 3.63. The summed E-state index contributed by atoms with van der Waals surface area (Å²) in [6, 6.07) is 1.49. The molecule has 1 rings (SSSR count). The molecule has 0 saturated carbocycles. The molecule has 0 aromatic heterocycles. The van der Waals surface area contributed by atoms with Crippen LogP contribution in [0.2, 0.25) is 0 Å². The smallest absolute Gasteiger partial charge is 0.207 e. The Hall–Kier alpha value is -0.200. The molecule has 0 spiro atoms. The van der Waals surface area contributed by atoms with Gasteiger partial charge in [-0.3, -0.25) is 0 Å². The molecular weight excluding hydrogens is 289 g/mol. The van der Waals surface area contributed by atoms with E-state index in [9.17, 15) is 17.2 Å². The molecule has 0 bridgehead atoms. The maximum Gasteiger partial charge on any atom is 0.265 e. The zero-order chi connectivity index (χ0) is 10.2. The number of rotatable bonds is 1. The third kappa shape index (κ3) is 2.18. The monoisotopic (exact) mass is 290 g/mol. The van der Waals surface area contributed by atoms with Gasteiger partial charge in [0.2, 0.25) is 0 Å². The van der Waals surface area contributed by atoms with E-state index in [2.05, 4.69) is 15.9 Å². The fourth-order valence-electron chi connectivity index (χ4n) is 0.732. The lowest BCUT2D eigenvalue weighted by atomic mass is 10.3. The van der Waals surface area contributed by atoms with Crippen molar-refractivity contribution in [2.24, 2.45) is 0 Å². The van der Waals surface area contributed by atoms with Gasteiger partial charge in [-0.05, 0) is 28.1 Å². The van der Waals surface area contributed by atoms with Crippen LogP contribution in [0.15, 0.2) is 21.5 Å². The molecule has 0 heterocycles. The highest BCUT2D eigenvalue weighted by molar-refractivity contribution is 9.10. The summed E-state index contributed by atoms with van der Waals surface area (Å²) in [6.07, 6.45) is 0. The standard InChI is InChI=1S/C6H2BrClF2O2S/c7-5-3(9)1-2-4(10)6(5)13(8,11)12/h1-2H. The summed E-state index contributed by atoms with van der Waals surface area (Å²) in [6.45, 7) is 0. The van der Waals surface area contributed by atoms with E-state index >= 15 is 0 Å². The molecule has 0 saturated heterocycles. The second kappa shape index (κ2) is 3.51. The first-order valence-corrected chi connectivity index (χ1v) is 6.02. The molecule has 0 atom stereocenters. The van der Waals surface area contributed by atoms with Gasteiger partial charge in [-0.2, -0.15) is 0 Å². The van der Waals surface area contributed by atoms with Crippen LogP contribution in [-0.4, -0.2) is 8.42 Å². The van der Waals surface area contributed by atoms with Gasteiger partial charge in [0.05, 0.1) is 4.47 Å². The van der Waals surface area contributed by atoms with Gasteiger partial charge >= 0.3 is 0 Å². The largest absolute Gasteiger partial charge is 0.265 e. The normalized spacial score (nSPS) is 11.7. The van der Waals surface area contributed by atoms with E-state index in [1.807, 2.05) is 0 Å². The second-order valence-corrected chi connectivity index (χ2v) is 5.41. The van der Waals surface area contributed by atoms with Crippen molar-refractivity contribution < 1.29 is 17.2 Å². The molecule has 0 fully saturated rings. The quantitative estimate of drug-likeness (QED) is 0.589. The van der Waals surface area contributed by atoms with Crippen LogP contribution in [0.4, 0.5) is 8.78 Å². The second-order valence-electron chi connectivity index (χ2n) is 2.11. The Morgan fingerprint density at radius 3 is 2.08 bits per heavy atom. The predicted octanol–water partition coefficient (Wildman–Crippen LogP) is 2.65. The van der Waals surface area contributed by atoms with Crippen LogP contribution in [0, 0.1) is 11.6 Å². The van der Waals surface area contributed by atoms with Crippen molar-refractivity contribution in [1.29, 1.82) is 0 Å². The molecule has 0 aliphatic heterocycles. The van der Waals surface area contributed by atoms with E-state index in [1.54, 1.807) is 0 Å². The molecule has 72 valence electrons. The zero-order valence-corrected chi connectivity index (χ0v) is 9.05. The summed E-state index contributed by atoms with van der Waals surface area (Å²) < 4.78 is 46.6. The fourth-order valence-corrected chi connectivity index (χ4v) is 3.04. The highest BCUT2D eigenvalue weighted by atomic mass is 79.9. The van der Waals surface area contributed by atoms with Crippen molar-refractivity contribution in [3.05, 3.63) is 28.2 Å². The maximum atomic E-state index is 12.9. The van der Waals surface area contributed by atoms with Gasteiger partial charge in [0.15, 0.2) is 0 Å². The molecule has 13 heavy (non-hydrogen) atoms. The van der Waals surface area contributed by atoms with Gasteiger partial charge in [0.1, 0.15) is 16.5 Å². The topological polar surface area (TPSA) is 34.1 Å². The third-order valence-electron chi connectivity index (χ3n) is 1.25. The SMILES string of the molecule is O=S(=O)(Cl)c1c(F)ccc(F)c1Br. The van der Waals surface area contributed by atoms with Crippen molar-refractivity contribution in [3.63, 3.8) is 0 Å². The Bertz CT molecular complexity index is 446. The Labute approximate surface area is 86.1 Å². The Balaban J connectivity index is 3.62. The summed E-state index contributed by atoms with van der Waals surface area (Å²) in [4.78, 5) is -0.880. The summed E-state index contributed by atoms with van der Waals surface area (Å²) in [5.41, 5.74) is 0. The van der Waals surface area contributed by atoms with Gasteiger partial charge in [0.25, 0.3) is 9.05 Å². The van der Waals surface area contributed by atoms with Crippen molar-refractivity contribution in [3.8, 4) is 0 Å². The van der Waals surface area contributed by atoms with Crippen LogP contribution >= 0.6 is 26.6 Å². The molecule has 7 heteroatoms. The number of hydrogen-bond acceptors (Lipinski definition) is 2. The van der Waals surface area contributed by atoms with E-state index in [4.69, 9.17) is 10.7 Å². The van der Waals surface area contributed by atoms with E-state index in [1.165, 1.54) is 0 Å². The summed E-state index contributed by atoms with van der Waals surface area (Å²) in [5, 5.41) is 0. The lowest BCUT2D eigenvalue weighted by Gasteiger charge is -2.02. The minimum atomic E-state index is -4.28. The lowest BCUT2D eigenvalue weighted by molar-refractivity contribution is 0.554. The minimum absolute atomic E-state index is 0.498. The minimum Gasteiger partial charge on any atom is -0.207 e. The fraction of sp³-hybridized carbons (Fsp3) is 0. The highest BCUT2D eigenvalue weighted by Gasteiger charge is 2.22. The molecule has 1 aromatic carbocycles. The van der Waals surface area contributed by atoms with Crippen LogP contribution in [0.1, 0.15) is 0 Å². The van der Waals surface area contributed by atoms with Gasteiger partial charge in [-0.25, -0.2) is 17.2 Å². The van der Waals surface area contributed by atoms with Crippen LogP contribution < -0.4 is 0 Å². The predicted molar refractivity (Wildman–Crippen MR) is 47.1 cm³/mol. The van der Waals surface area contributed by atoms with Crippen molar-refractivity contribution in [2.75, 3.05) is 0 Å². The average molecular weight is 292 g/mol. The molecule has 0 unspecified atom stereocenters. The van der Waals surface area contributed by atoms with E-state index < -0.39 is 30.1 Å². The molecule has 0 N–H and O–H groups in total. The van der Waals surface area contributed by atoms with E-state index in [0.29, 0.717) is 6.07 Å². The number of halogens is 4. The number of hydrogen-bond donors (Lipinski definition) is 0. The van der Waals surface area contributed by atoms with Crippen molar-refractivity contribution in [1.82, 2.24) is 0 Å². The summed E-state index contributed by atoms with van der Waals surface area (Å²) in [7, 11) is 0.600. The average Bonchev–Trinajstić information content (AvgIpc) is 1.95. The van der Waals surface area contributed by atoms with E-state index in [0.717, 1.165) is 6.07 Å². The zero-order valence-electron chi connectivity index (χ0n) is 5.89. The molecule has 0 radical (unpaired) electrons. The van der Waals surface area contributed by atoms with Crippen molar-refractivity contribution in [2.45, 2.75) is 4.90 Å². The highest BCUT2D eigenvalue weighted by Crippen LogP contribution is 2.29. The first kappa shape index (κ1) is 10.9. The summed E-state index contributed by atoms with van der Waals surface area (Å²) >= 11 is 2.59. The van der Waals surface area contributed by atoms with Gasteiger partial charge in [-0.15, -0.1) is 0 Å². The Kier molecular flexibility index (Phi) is 2.94. The summed E-state index contributed by atoms with van der Waals surface area (Å²) in [5.74, 6) is -1.98. The van der Waals surface area contributed by atoms with Gasteiger partial charge in [-0.1, -0.05) is 0 Å². The molecule has 0 aliphatic carbocycles. The first-order chi connectivity index (χ1) is 5.84. The molecule has 1 aromatic rings. The van der Waals surface area contributed by atoms with Gasteiger partial charge < -0.3 is 0 Å². The molecule has 0 amide bonds. The maximum absolute atomic E-state index is 12.9. The first-order valence-electron chi connectivity index (χ1n) is 2.92. The van der Waals surface area contributed by atoms with Gasteiger partial charge in [0, 0.05) is 10.7 Å². The van der Waals surface area contributed by atoms with Crippen molar-refractivity contribution >= 4 is 35.7 Å². The Morgan fingerprint density at radius 1 is 1.23 bits per heavy atom. The molecule has 2 nitrogen and oxygen atoms in total. The van der Waals surface area contributed by atoms with E-state index in [-0.39, 0.29) is 0 Å². The van der Waals surface area contributed by atoms with Crippen LogP contribution in [-0.2, 0) is 9.05 Å². The Morgan fingerprint density at radius 2 is 1.69 bits per heavy atom. The molecular formula is C6H2BrClF2O2S. The number of benzene rings is 1. The van der Waals surface area contributed by atoms with Crippen LogP contribution in [0.25, 0.3) is 0 Å². The van der Waals surface area contributed by atoms with Crippen LogP contribution in [0.5, 0.6) is 0 Å². The molecule has 0 aliphatic rings. The van der Waals surface area contributed by atoms with Crippen LogP contribution in [0.3, 0.4) is 0 Å².